The molecule has 144 valence electrons. The average Bonchev–Trinajstić information content (AvgIpc) is 2.55. The van der Waals surface area contributed by atoms with E-state index in [2.05, 4.69) is 5.32 Å². The van der Waals surface area contributed by atoms with Crippen molar-refractivity contribution in [2.75, 3.05) is 15.9 Å². The second kappa shape index (κ2) is 8.12. The first-order valence-electron chi connectivity index (χ1n) is 7.50. The van der Waals surface area contributed by atoms with Gasteiger partial charge in [0.05, 0.1) is 27.6 Å². The number of halogens is 2. The standard InChI is InChI=1S/C16H15Cl2N3O5S/c1-10(20(27(2,25)26)12-5-3-4-11(17)8-12)16(22)19-15-9-13(21(23)24)6-7-14(15)18/h3-10H,1-2H3,(H,19,22)/t10-/m1/s1. The minimum atomic E-state index is -3.83. The predicted molar refractivity (Wildman–Crippen MR) is 105 cm³/mol. The lowest BCUT2D eigenvalue weighted by Gasteiger charge is -2.28. The molecule has 2 rings (SSSR count). The summed E-state index contributed by atoms with van der Waals surface area (Å²) in [5.74, 6) is -0.720. The van der Waals surface area contributed by atoms with Crippen LogP contribution in [0, 0.1) is 10.1 Å². The van der Waals surface area contributed by atoms with E-state index in [1.807, 2.05) is 0 Å². The summed E-state index contributed by atoms with van der Waals surface area (Å²) in [6.07, 6.45) is 0.956. The van der Waals surface area contributed by atoms with Gasteiger partial charge in [0, 0.05) is 17.2 Å². The van der Waals surface area contributed by atoms with Crippen LogP contribution in [-0.2, 0) is 14.8 Å². The predicted octanol–water partition coefficient (Wildman–Crippen LogP) is 3.69. The van der Waals surface area contributed by atoms with Gasteiger partial charge in [0.15, 0.2) is 0 Å². The number of nitrogens with zero attached hydrogens (tertiary/aromatic N) is 2. The highest BCUT2D eigenvalue weighted by Gasteiger charge is 2.29. The minimum absolute atomic E-state index is 0.00209. The number of nitro benzene ring substituents is 1. The monoisotopic (exact) mass is 431 g/mol. The average molecular weight is 432 g/mol. The van der Waals surface area contributed by atoms with Crippen LogP contribution in [0.25, 0.3) is 0 Å². The smallest absolute Gasteiger partial charge is 0.271 e. The Balaban J connectivity index is 2.36. The number of rotatable bonds is 6. The third kappa shape index (κ3) is 5.09. The molecule has 0 saturated carbocycles. The van der Waals surface area contributed by atoms with Crippen LogP contribution >= 0.6 is 23.2 Å². The molecule has 2 aromatic carbocycles. The first kappa shape index (κ1) is 20.9. The van der Waals surface area contributed by atoms with Crippen molar-refractivity contribution in [2.45, 2.75) is 13.0 Å². The Morgan fingerprint density at radius 1 is 1.22 bits per heavy atom. The molecule has 0 fully saturated rings. The molecule has 1 N–H and O–H groups in total. The van der Waals surface area contributed by atoms with E-state index in [1.54, 1.807) is 12.1 Å². The first-order chi connectivity index (χ1) is 12.5. The fourth-order valence-electron chi connectivity index (χ4n) is 2.38. The van der Waals surface area contributed by atoms with Crippen LogP contribution < -0.4 is 9.62 Å². The summed E-state index contributed by atoms with van der Waals surface area (Å²) in [5.41, 5.74) is -0.0581. The number of hydrogen-bond acceptors (Lipinski definition) is 5. The number of amides is 1. The largest absolute Gasteiger partial charge is 0.323 e. The number of hydrogen-bond donors (Lipinski definition) is 1. The van der Waals surface area contributed by atoms with E-state index in [0.29, 0.717) is 5.02 Å². The fraction of sp³-hybridized carbons (Fsp3) is 0.188. The number of carbonyl (C=O) groups is 1. The SMILES string of the molecule is C[C@H](C(=O)Nc1cc([N+](=O)[O-])ccc1Cl)N(c1cccc(Cl)c1)S(C)(=O)=O. The van der Waals surface area contributed by atoms with Gasteiger partial charge in [-0.15, -0.1) is 0 Å². The summed E-state index contributed by atoms with van der Waals surface area (Å²) >= 11 is 11.9. The molecule has 0 spiro atoms. The van der Waals surface area contributed by atoms with Crippen molar-refractivity contribution >= 4 is 56.2 Å². The van der Waals surface area contributed by atoms with E-state index in [1.165, 1.54) is 31.2 Å². The molecular formula is C16H15Cl2N3O5S. The zero-order chi connectivity index (χ0) is 20.4. The summed E-state index contributed by atoms with van der Waals surface area (Å²) in [5, 5.41) is 13.7. The van der Waals surface area contributed by atoms with Crippen LogP contribution in [0.2, 0.25) is 10.0 Å². The molecule has 0 aromatic heterocycles. The van der Waals surface area contributed by atoms with Crippen molar-refractivity contribution in [1.82, 2.24) is 0 Å². The molecule has 0 radical (unpaired) electrons. The maximum atomic E-state index is 12.6. The molecule has 8 nitrogen and oxygen atoms in total. The molecule has 0 aliphatic heterocycles. The number of nitrogens with one attached hydrogen (secondary N) is 1. The molecule has 27 heavy (non-hydrogen) atoms. The van der Waals surface area contributed by atoms with Crippen LogP contribution in [0.4, 0.5) is 17.1 Å². The maximum absolute atomic E-state index is 12.6. The van der Waals surface area contributed by atoms with Gasteiger partial charge in [-0.05, 0) is 31.2 Å². The Bertz CT molecular complexity index is 997. The van der Waals surface area contributed by atoms with E-state index in [-0.39, 0.29) is 22.1 Å². The van der Waals surface area contributed by atoms with Crippen LogP contribution in [0.1, 0.15) is 6.92 Å². The van der Waals surface area contributed by atoms with Gasteiger partial charge in [0.2, 0.25) is 15.9 Å². The quantitative estimate of drug-likeness (QED) is 0.553. The Labute approximate surface area is 165 Å². The van der Waals surface area contributed by atoms with E-state index < -0.39 is 26.9 Å². The molecule has 0 heterocycles. The number of non-ortho nitro benzene ring substituents is 1. The molecular weight excluding hydrogens is 417 g/mol. The van der Waals surface area contributed by atoms with Gasteiger partial charge in [0.25, 0.3) is 5.69 Å². The van der Waals surface area contributed by atoms with E-state index in [9.17, 15) is 23.3 Å². The third-order valence-corrected chi connectivity index (χ3v) is 5.38. The topological polar surface area (TPSA) is 110 Å². The molecule has 1 amide bonds. The number of carbonyl (C=O) groups excluding carboxylic acids is 1. The van der Waals surface area contributed by atoms with Crippen molar-refractivity contribution in [3.8, 4) is 0 Å². The molecule has 1 atom stereocenters. The summed E-state index contributed by atoms with van der Waals surface area (Å²) in [6, 6.07) is 8.41. The van der Waals surface area contributed by atoms with Gasteiger partial charge >= 0.3 is 0 Å². The highest BCUT2D eigenvalue weighted by Crippen LogP contribution is 2.28. The Hall–Kier alpha value is -2.36. The molecule has 0 aliphatic carbocycles. The van der Waals surface area contributed by atoms with Crippen molar-refractivity contribution < 1.29 is 18.1 Å². The van der Waals surface area contributed by atoms with Crippen LogP contribution in [0.15, 0.2) is 42.5 Å². The van der Waals surface area contributed by atoms with Gasteiger partial charge in [-0.2, -0.15) is 0 Å². The number of benzene rings is 2. The second-order valence-electron chi connectivity index (χ2n) is 5.63. The molecule has 11 heteroatoms. The van der Waals surface area contributed by atoms with Gasteiger partial charge in [-0.1, -0.05) is 29.3 Å². The summed E-state index contributed by atoms with van der Waals surface area (Å²) in [7, 11) is -3.83. The van der Waals surface area contributed by atoms with Crippen molar-refractivity contribution in [3.05, 3.63) is 62.6 Å². The highest BCUT2D eigenvalue weighted by atomic mass is 35.5. The maximum Gasteiger partial charge on any atom is 0.271 e. The zero-order valence-electron chi connectivity index (χ0n) is 14.2. The minimum Gasteiger partial charge on any atom is -0.323 e. The van der Waals surface area contributed by atoms with Crippen LogP contribution in [0.3, 0.4) is 0 Å². The second-order valence-corrected chi connectivity index (χ2v) is 8.33. The van der Waals surface area contributed by atoms with Gasteiger partial charge < -0.3 is 5.32 Å². The number of anilines is 2. The lowest BCUT2D eigenvalue weighted by molar-refractivity contribution is -0.384. The van der Waals surface area contributed by atoms with Gasteiger partial charge in [-0.25, -0.2) is 8.42 Å². The molecule has 0 aliphatic rings. The molecule has 0 unspecified atom stereocenters. The van der Waals surface area contributed by atoms with E-state index in [0.717, 1.165) is 16.6 Å². The lowest BCUT2D eigenvalue weighted by atomic mass is 10.2. The van der Waals surface area contributed by atoms with Crippen LogP contribution in [-0.4, -0.2) is 31.5 Å². The number of sulfonamides is 1. The normalized spacial score (nSPS) is 12.3. The van der Waals surface area contributed by atoms with Crippen molar-refractivity contribution in [2.24, 2.45) is 0 Å². The summed E-state index contributed by atoms with van der Waals surface area (Å²) < 4.78 is 25.4. The lowest BCUT2D eigenvalue weighted by Crippen LogP contribution is -2.45. The van der Waals surface area contributed by atoms with E-state index >= 15 is 0 Å². The van der Waals surface area contributed by atoms with Crippen molar-refractivity contribution in [1.29, 1.82) is 0 Å². The zero-order valence-corrected chi connectivity index (χ0v) is 16.5. The van der Waals surface area contributed by atoms with Gasteiger partial charge in [-0.3, -0.25) is 19.2 Å². The molecule has 0 saturated heterocycles. The Morgan fingerprint density at radius 3 is 2.44 bits per heavy atom. The Morgan fingerprint density at radius 2 is 1.89 bits per heavy atom. The molecule has 2 aromatic rings. The highest BCUT2D eigenvalue weighted by molar-refractivity contribution is 7.92. The Kier molecular flexibility index (Phi) is 6.30. The summed E-state index contributed by atoms with van der Waals surface area (Å²) in [4.78, 5) is 22.9. The van der Waals surface area contributed by atoms with Crippen LogP contribution in [0.5, 0.6) is 0 Å². The number of nitro groups is 1. The fourth-order valence-corrected chi connectivity index (χ4v) is 3.90. The third-order valence-electron chi connectivity index (χ3n) is 3.57. The van der Waals surface area contributed by atoms with Crippen molar-refractivity contribution in [3.63, 3.8) is 0 Å². The van der Waals surface area contributed by atoms with Gasteiger partial charge in [0.1, 0.15) is 6.04 Å². The summed E-state index contributed by atoms with van der Waals surface area (Å²) in [6.45, 7) is 1.38. The molecule has 0 bridgehead atoms. The van der Waals surface area contributed by atoms with E-state index in [4.69, 9.17) is 23.2 Å². The first-order valence-corrected chi connectivity index (χ1v) is 10.1.